The fraction of sp³-hybridized carbons (Fsp3) is 0.500. The van der Waals surface area contributed by atoms with Crippen molar-refractivity contribution in [3.63, 3.8) is 0 Å². The Labute approximate surface area is 96.7 Å². The molecule has 0 spiro atoms. The SMILES string of the molecule is CC(=O)[O-].CC(=O)[O-].[O]=[U]=[O].[Zn+2]. The molecule has 0 saturated carbocycles. The summed E-state index contributed by atoms with van der Waals surface area (Å²) in [5.74, 6) is -2.17. The van der Waals surface area contributed by atoms with Gasteiger partial charge in [0.25, 0.3) is 0 Å². The maximum absolute atomic E-state index is 8.89. The van der Waals surface area contributed by atoms with Crippen LogP contribution in [0.2, 0.25) is 0 Å². The third kappa shape index (κ3) is 18700. The standard InChI is InChI=1S/2C2H4O2.2O.U.Zn/c2*1-2(3)4;;;;/h2*1H3,(H,3,4);;;;/q;;;;;+2/p-2. The third-order valence-corrected chi connectivity index (χ3v) is 0. The molecule has 0 bridgehead atoms. The van der Waals surface area contributed by atoms with E-state index in [0.29, 0.717) is 0 Å². The molecule has 0 rings (SSSR count). The monoisotopic (exact) mass is 452 g/mol. The van der Waals surface area contributed by atoms with E-state index >= 15 is 0 Å². The Kier molecular flexibility index (Phi) is 42.6. The van der Waals surface area contributed by atoms with Crippen molar-refractivity contribution in [3.05, 3.63) is 0 Å². The predicted octanol–water partition coefficient (Wildman–Crippen LogP) is -2.73. The van der Waals surface area contributed by atoms with Crippen LogP contribution in [-0.2, 0) is 33.5 Å². The molecule has 0 saturated heterocycles. The largest absolute Gasteiger partial charge is 2.00 e. The van der Waals surface area contributed by atoms with Crippen LogP contribution in [0.15, 0.2) is 0 Å². The summed E-state index contributed by atoms with van der Waals surface area (Å²) >= 11 is -2.51. The third-order valence-electron chi connectivity index (χ3n) is 0. The van der Waals surface area contributed by atoms with Gasteiger partial charge in [-0.05, 0) is 13.8 Å². The van der Waals surface area contributed by atoms with Gasteiger partial charge < -0.3 is 19.8 Å². The molecule has 0 radical (unpaired) electrons. The van der Waals surface area contributed by atoms with Crippen LogP contribution in [0.3, 0.4) is 0 Å². The summed E-state index contributed by atoms with van der Waals surface area (Å²) in [6.07, 6.45) is 0. The first kappa shape index (κ1) is 22.8. The van der Waals surface area contributed by atoms with Crippen LogP contribution < -0.4 is 10.2 Å². The molecule has 8 heteroatoms. The summed E-state index contributed by atoms with van der Waals surface area (Å²) in [6, 6.07) is 0. The average molecular weight is 454 g/mol. The molecule has 0 amide bonds. The van der Waals surface area contributed by atoms with Crippen molar-refractivity contribution in [1.82, 2.24) is 0 Å². The summed E-state index contributed by atoms with van der Waals surface area (Å²) < 4.78 is 17.2. The van der Waals surface area contributed by atoms with Crippen molar-refractivity contribution in [1.29, 1.82) is 0 Å². The van der Waals surface area contributed by atoms with Crippen LogP contribution in [0, 0.1) is 27.8 Å². The van der Waals surface area contributed by atoms with Gasteiger partial charge in [0, 0.05) is 11.9 Å². The van der Waals surface area contributed by atoms with Gasteiger partial charge in [-0.15, -0.1) is 0 Å². The molecule has 0 N–H and O–H groups in total. The molecular formula is C4H6O6UZn. The minimum absolute atomic E-state index is 0. The van der Waals surface area contributed by atoms with Crippen LogP contribution in [0.1, 0.15) is 13.8 Å². The Morgan fingerprint density at radius 3 is 1.00 bits per heavy atom. The van der Waals surface area contributed by atoms with Crippen molar-refractivity contribution in [3.8, 4) is 0 Å². The van der Waals surface area contributed by atoms with Crippen molar-refractivity contribution in [2.75, 3.05) is 0 Å². The molecule has 0 atom stereocenters. The Morgan fingerprint density at radius 1 is 1.00 bits per heavy atom. The van der Waals surface area contributed by atoms with E-state index in [9.17, 15) is 0 Å². The van der Waals surface area contributed by atoms with Gasteiger partial charge in [0.2, 0.25) is 0 Å². The molecule has 0 unspecified atom stereocenters. The maximum Gasteiger partial charge on any atom is 2.00 e. The van der Waals surface area contributed by atoms with Gasteiger partial charge in [0.15, 0.2) is 0 Å². The van der Waals surface area contributed by atoms with Gasteiger partial charge in [0.1, 0.15) is 0 Å². The first-order valence-electron chi connectivity index (χ1n) is 2.22. The zero-order valence-electron chi connectivity index (χ0n) is 6.66. The summed E-state index contributed by atoms with van der Waals surface area (Å²) in [4.78, 5) is 17.8. The van der Waals surface area contributed by atoms with E-state index < -0.39 is 39.8 Å². The van der Waals surface area contributed by atoms with Gasteiger partial charge in [-0.2, -0.15) is 0 Å². The van der Waals surface area contributed by atoms with E-state index in [-0.39, 0.29) is 19.5 Å². The minimum Gasteiger partial charge on any atom is 2.00 e. The quantitative estimate of drug-likeness (QED) is 0.368. The zero-order valence-corrected chi connectivity index (χ0v) is 13.8. The molecule has 0 aromatic carbocycles. The maximum atomic E-state index is 8.89. The molecule has 0 aromatic rings. The van der Waals surface area contributed by atoms with Crippen LogP contribution >= 0.6 is 0 Å². The van der Waals surface area contributed by atoms with Gasteiger partial charge in [0.05, 0.1) is 0 Å². The smallest absolute Gasteiger partial charge is 2.00 e. The van der Waals surface area contributed by atoms with E-state index in [1.54, 1.807) is 0 Å². The van der Waals surface area contributed by atoms with Gasteiger partial charge in [-0.1, -0.05) is 0 Å². The topological polar surface area (TPSA) is 114 Å². The minimum atomic E-state index is -2.51. The fourth-order valence-electron chi connectivity index (χ4n) is 0. The first-order valence-corrected chi connectivity index (χ1v) is 5.62. The number of aliphatic carboxylic acids is 2. The molecule has 0 aromatic heterocycles. The Bertz CT molecular complexity index is 132. The first-order chi connectivity index (χ1) is 4.88. The van der Waals surface area contributed by atoms with E-state index in [1.807, 2.05) is 0 Å². The van der Waals surface area contributed by atoms with Gasteiger partial charge in [-0.25, -0.2) is 0 Å². The van der Waals surface area contributed by atoms with E-state index in [2.05, 4.69) is 0 Å². The normalized spacial score (nSPS) is 4.83. The molecule has 64 valence electrons. The molecule has 12 heavy (non-hydrogen) atoms. The van der Waals surface area contributed by atoms with E-state index in [0.717, 1.165) is 13.8 Å². The Hall–Kier alpha value is 0.215. The molecule has 0 aliphatic heterocycles. The molecule has 0 heterocycles. The predicted molar refractivity (Wildman–Crippen MR) is 22.7 cm³/mol. The number of carboxylic acid groups (broad SMARTS) is 2. The molecule has 0 aliphatic rings. The van der Waals surface area contributed by atoms with Gasteiger partial charge >= 0.3 is 51.8 Å². The molecule has 0 aliphatic carbocycles. The fourth-order valence-corrected chi connectivity index (χ4v) is 0. The second-order valence-corrected chi connectivity index (χ2v) is 1.76. The number of carbonyl (C=O) groups excluding carboxylic acids is 2. The second kappa shape index (κ2) is 22.5. The average Bonchev–Trinajstić information content (AvgIpc) is 1.60. The van der Waals surface area contributed by atoms with Crippen LogP contribution in [-0.4, -0.2) is 11.9 Å². The number of carboxylic acids is 2. The van der Waals surface area contributed by atoms with Crippen molar-refractivity contribution >= 4 is 11.9 Å². The summed E-state index contributed by atoms with van der Waals surface area (Å²) in [5, 5.41) is 17.8. The number of hydrogen-bond donors (Lipinski definition) is 0. The van der Waals surface area contributed by atoms with Crippen molar-refractivity contribution < 1.29 is 71.6 Å². The second-order valence-electron chi connectivity index (χ2n) is 1.07. The number of hydrogen-bond acceptors (Lipinski definition) is 6. The number of rotatable bonds is 0. The van der Waals surface area contributed by atoms with Crippen LogP contribution in [0.4, 0.5) is 0 Å². The molecule has 6 nitrogen and oxygen atoms in total. The van der Waals surface area contributed by atoms with Gasteiger partial charge in [-0.3, -0.25) is 0 Å². The molecule has 0 fully saturated rings. The van der Waals surface area contributed by atoms with Crippen molar-refractivity contribution in [2.45, 2.75) is 13.8 Å². The number of carbonyl (C=O) groups is 2. The summed E-state index contributed by atoms with van der Waals surface area (Å²) in [7, 11) is 0. The van der Waals surface area contributed by atoms with E-state index in [4.69, 9.17) is 24.3 Å². The molecular weight excluding hydrogens is 447 g/mol. The summed E-state index contributed by atoms with van der Waals surface area (Å²) in [5.41, 5.74) is 0. The van der Waals surface area contributed by atoms with Crippen LogP contribution in [0.25, 0.3) is 0 Å². The van der Waals surface area contributed by atoms with E-state index in [1.165, 1.54) is 0 Å². The van der Waals surface area contributed by atoms with Crippen LogP contribution in [0.5, 0.6) is 0 Å². The zero-order chi connectivity index (χ0) is 9.86. The Balaban J connectivity index is -0.0000000389. The summed E-state index contributed by atoms with van der Waals surface area (Å²) in [6.45, 7) is 1.94. The Morgan fingerprint density at radius 2 is 1.00 bits per heavy atom. The van der Waals surface area contributed by atoms with Crippen molar-refractivity contribution in [2.24, 2.45) is 0 Å².